The number of piperidine rings is 1. The minimum Gasteiger partial charge on any atom is -0.317 e. The van der Waals surface area contributed by atoms with Crippen LogP contribution in [0.3, 0.4) is 0 Å². The molecule has 0 unspecified atom stereocenters. The molecule has 4 nitrogen and oxygen atoms in total. The molecular weight excluding hydrogens is 200 g/mol. The van der Waals surface area contributed by atoms with Crippen molar-refractivity contribution in [3.8, 4) is 0 Å². The van der Waals surface area contributed by atoms with Crippen molar-refractivity contribution in [2.75, 3.05) is 13.1 Å². The second kappa shape index (κ2) is 4.53. The molecule has 0 aromatic carbocycles. The van der Waals surface area contributed by atoms with Crippen LogP contribution in [0.25, 0.3) is 0 Å². The largest absolute Gasteiger partial charge is 0.317 e. The van der Waals surface area contributed by atoms with Gasteiger partial charge in [0.15, 0.2) is 0 Å². The van der Waals surface area contributed by atoms with E-state index >= 15 is 0 Å². The Morgan fingerprint density at radius 2 is 2.00 bits per heavy atom. The Morgan fingerprint density at radius 3 is 2.75 bits per heavy atom. The third kappa shape index (κ3) is 2.43. The van der Waals surface area contributed by atoms with E-state index in [1.165, 1.54) is 44.6 Å². The van der Waals surface area contributed by atoms with Gasteiger partial charge in [-0.15, -0.1) is 0 Å². The van der Waals surface area contributed by atoms with E-state index in [0.29, 0.717) is 0 Å². The normalized spacial score (nSPS) is 22.5. The molecule has 0 amide bonds. The predicted octanol–water partition coefficient (Wildman–Crippen LogP) is 1.23. The Balaban J connectivity index is 1.61. The summed E-state index contributed by atoms with van der Waals surface area (Å²) in [5.74, 6) is 2.90. The SMILES string of the molecule is c1nc(CC2CCNCC2)n(CC2CC2)n1. The van der Waals surface area contributed by atoms with Crippen LogP contribution in [-0.2, 0) is 13.0 Å². The second-order valence-corrected chi connectivity index (χ2v) is 5.20. The predicted molar refractivity (Wildman–Crippen MR) is 62.0 cm³/mol. The molecule has 4 heteroatoms. The van der Waals surface area contributed by atoms with Crippen LogP contribution in [0.4, 0.5) is 0 Å². The summed E-state index contributed by atoms with van der Waals surface area (Å²) in [5, 5.41) is 7.76. The van der Waals surface area contributed by atoms with E-state index in [-0.39, 0.29) is 0 Å². The number of nitrogens with one attached hydrogen (secondary N) is 1. The molecule has 2 heterocycles. The van der Waals surface area contributed by atoms with Crippen molar-refractivity contribution in [3.63, 3.8) is 0 Å². The van der Waals surface area contributed by atoms with E-state index in [9.17, 15) is 0 Å². The molecule has 2 aliphatic rings. The molecule has 0 atom stereocenters. The molecular formula is C12H20N4. The molecule has 1 saturated carbocycles. The summed E-state index contributed by atoms with van der Waals surface area (Å²) in [6.45, 7) is 3.43. The van der Waals surface area contributed by atoms with Crippen molar-refractivity contribution in [2.45, 2.75) is 38.6 Å². The van der Waals surface area contributed by atoms with Gasteiger partial charge >= 0.3 is 0 Å². The molecule has 2 fully saturated rings. The van der Waals surface area contributed by atoms with Crippen LogP contribution in [0.2, 0.25) is 0 Å². The van der Waals surface area contributed by atoms with Crippen LogP contribution in [-0.4, -0.2) is 27.9 Å². The van der Waals surface area contributed by atoms with Gasteiger partial charge in [-0.2, -0.15) is 5.10 Å². The van der Waals surface area contributed by atoms with Crippen LogP contribution in [0, 0.1) is 11.8 Å². The fraction of sp³-hybridized carbons (Fsp3) is 0.833. The Labute approximate surface area is 96.4 Å². The first-order valence-electron chi connectivity index (χ1n) is 6.49. The Bertz CT molecular complexity index is 337. The molecule has 1 aliphatic carbocycles. The number of hydrogen-bond donors (Lipinski definition) is 1. The monoisotopic (exact) mass is 220 g/mol. The first-order chi connectivity index (χ1) is 7.92. The maximum atomic E-state index is 4.42. The summed E-state index contributed by atoms with van der Waals surface area (Å²) in [6, 6.07) is 0. The molecule has 0 spiro atoms. The number of aromatic nitrogens is 3. The van der Waals surface area contributed by atoms with Gasteiger partial charge in [-0.25, -0.2) is 9.67 Å². The molecule has 1 aromatic rings. The molecule has 88 valence electrons. The fourth-order valence-electron chi connectivity index (χ4n) is 2.49. The maximum absolute atomic E-state index is 4.42. The van der Waals surface area contributed by atoms with E-state index < -0.39 is 0 Å². The van der Waals surface area contributed by atoms with Crippen molar-refractivity contribution in [2.24, 2.45) is 11.8 Å². The van der Waals surface area contributed by atoms with Crippen molar-refractivity contribution in [1.29, 1.82) is 0 Å². The highest BCUT2D eigenvalue weighted by molar-refractivity contribution is 4.90. The molecule has 1 N–H and O–H groups in total. The van der Waals surface area contributed by atoms with Crippen LogP contribution >= 0.6 is 0 Å². The van der Waals surface area contributed by atoms with Gasteiger partial charge in [0, 0.05) is 13.0 Å². The topological polar surface area (TPSA) is 42.7 Å². The smallest absolute Gasteiger partial charge is 0.138 e. The summed E-state index contributed by atoms with van der Waals surface area (Å²) in [5.41, 5.74) is 0. The van der Waals surface area contributed by atoms with Gasteiger partial charge in [0.1, 0.15) is 12.2 Å². The zero-order valence-corrected chi connectivity index (χ0v) is 9.73. The van der Waals surface area contributed by atoms with Crippen LogP contribution in [0.1, 0.15) is 31.5 Å². The Hall–Kier alpha value is -0.900. The quantitative estimate of drug-likeness (QED) is 0.830. The molecule has 1 aromatic heterocycles. The summed E-state index contributed by atoms with van der Waals surface area (Å²) in [7, 11) is 0. The average molecular weight is 220 g/mol. The van der Waals surface area contributed by atoms with Crippen LogP contribution in [0.5, 0.6) is 0 Å². The zero-order valence-electron chi connectivity index (χ0n) is 9.73. The third-order valence-corrected chi connectivity index (χ3v) is 3.75. The molecule has 1 aliphatic heterocycles. The van der Waals surface area contributed by atoms with E-state index in [1.807, 2.05) is 0 Å². The first-order valence-corrected chi connectivity index (χ1v) is 6.49. The van der Waals surface area contributed by atoms with Gasteiger partial charge in [-0.3, -0.25) is 0 Å². The van der Waals surface area contributed by atoms with Crippen molar-refractivity contribution >= 4 is 0 Å². The van der Waals surface area contributed by atoms with Gasteiger partial charge in [0.05, 0.1) is 0 Å². The van der Waals surface area contributed by atoms with Crippen molar-refractivity contribution < 1.29 is 0 Å². The average Bonchev–Trinajstić information content (AvgIpc) is 3.02. The van der Waals surface area contributed by atoms with Crippen molar-refractivity contribution in [1.82, 2.24) is 20.1 Å². The molecule has 0 radical (unpaired) electrons. The van der Waals surface area contributed by atoms with Crippen LogP contribution in [0.15, 0.2) is 6.33 Å². The Morgan fingerprint density at radius 1 is 1.19 bits per heavy atom. The lowest BCUT2D eigenvalue weighted by atomic mass is 9.94. The summed E-state index contributed by atoms with van der Waals surface area (Å²) >= 11 is 0. The van der Waals surface area contributed by atoms with E-state index in [4.69, 9.17) is 0 Å². The standard InChI is InChI=1S/C12H20N4/c1-2-11(1)8-16-12(14-9-15-16)7-10-3-5-13-6-4-10/h9-11,13H,1-8H2. The number of hydrogen-bond acceptors (Lipinski definition) is 3. The molecule has 3 rings (SSSR count). The Kier molecular flexibility index (Phi) is 2.91. The first kappa shape index (κ1) is 10.3. The lowest BCUT2D eigenvalue weighted by Gasteiger charge is -2.22. The highest BCUT2D eigenvalue weighted by atomic mass is 15.3. The lowest BCUT2D eigenvalue weighted by molar-refractivity contribution is 0.359. The minimum atomic E-state index is 0.809. The van der Waals surface area contributed by atoms with Gasteiger partial charge in [-0.1, -0.05) is 0 Å². The fourth-order valence-corrected chi connectivity index (χ4v) is 2.49. The van der Waals surface area contributed by atoms with Gasteiger partial charge in [-0.05, 0) is 50.6 Å². The molecule has 16 heavy (non-hydrogen) atoms. The second-order valence-electron chi connectivity index (χ2n) is 5.20. The van der Waals surface area contributed by atoms with Gasteiger partial charge in [0.2, 0.25) is 0 Å². The van der Waals surface area contributed by atoms with E-state index in [2.05, 4.69) is 20.1 Å². The minimum absolute atomic E-state index is 0.809. The number of nitrogens with zero attached hydrogens (tertiary/aromatic N) is 3. The maximum Gasteiger partial charge on any atom is 0.138 e. The summed E-state index contributed by atoms with van der Waals surface area (Å²) < 4.78 is 2.14. The summed E-state index contributed by atoms with van der Waals surface area (Å²) in [6.07, 6.45) is 8.18. The molecule has 0 bridgehead atoms. The summed E-state index contributed by atoms with van der Waals surface area (Å²) in [4.78, 5) is 4.42. The van der Waals surface area contributed by atoms with E-state index in [1.54, 1.807) is 6.33 Å². The van der Waals surface area contributed by atoms with Gasteiger partial charge in [0.25, 0.3) is 0 Å². The zero-order chi connectivity index (χ0) is 10.8. The highest BCUT2D eigenvalue weighted by Crippen LogP contribution is 2.30. The van der Waals surface area contributed by atoms with Crippen LogP contribution < -0.4 is 5.32 Å². The van der Waals surface area contributed by atoms with Crippen molar-refractivity contribution in [3.05, 3.63) is 12.2 Å². The van der Waals surface area contributed by atoms with Gasteiger partial charge < -0.3 is 5.32 Å². The van der Waals surface area contributed by atoms with E-state index in [0.717, 1.165) is 24.8 Å². The highest BCUT2D eigenvalue weighted by Gasteiger charge is 2.24. The lowest BCUT2D eigenvalue weighted by Crippen LogP contribution is -2.29. The third-order valence-electron chi connectivity index (χ3n) is 3.75. The number of rotatable bonds is 4. The molecule has 1 saturated heterocycles.